The summed E-state index contributed by atoms with van der Waals surface area (Å²) in [5, 5.41) is 5.49. The Morgan fingerprint density at radius 3 is 2.43 bits per heavy atom. The van der Waals surface area contributed by atoms with Gasteiger partial charge >= 0.3 is 0 Å². The SMILES string of the molecule is COc1cc2nccc(Oc3ccc(NC(=S)NC(=O)c4cccc(F)c4)c(F)c3)c2cc1OC. The van der Waals surface area contributed by atoms with Crippen LogP contribution in [0.5, 0.6) is 23.0 Å². The molecule has 0 aliphatic carbocycles. The van der Waals surface area contributed by atoms with Crippen LogP contribution in [0.2, 0.25) is 0 Å². The lowest BCUT2D eigenvalue weighted by atomic mass is 10.2. The lowest BCUT2D eigenvalue weighted by molar-refractivity contribution is 0.0977. The first-order valence-electron chi connectivity index (χ1n) is 10.2. The minimum absolute atomic E-state index is 0.0212. The molecule has 0 radical (unpaired) electrons. The van der Waals surface area contributed by atoms with E-state index in [1.54, 1.807) is 24.4 Å². The summed E-state index contributed by atoms with van der Waals surface area (Å²) in [7, 11) is 3.05. The highest BCUT2D eigenvalue weighted by Crippen LogP contribution is 2.37. The molecule has 0 fully saturated rings. The first-order chi connectivity index (χ1) is 16.9. The zero-order valence-electron chi connectivity index (χ0n) is 18.6. The fourth-order valence-corrected chi connectivity index (χ4v) is 3.49. The van der Waals surface area contributed by atoms with E-state index in [9.17, 15) is 13.6 Å². The molecule has 35 heavy (non-hydrogen) atoms. The molecule has 7 nitrogen and oxygen atoms in total. The maximum Gasteiger partial charge on any atom is 0.257 e. The molecule has 0 saturated heterocycles. The highest BCUT2D eigenvalue weighted by molar-refractivity contribution is 7.80. The number of pyridine rings is 1. The molecule has 1 amide bonds. The molecule has 4 aromatic rings. The molecule has 0 spiro atoms. The van der Waals surface area contributed by atoms with E-state index in [4.69, 9.17) is 26.4 Å². The number of aromatic nitrogens is 1. The van der Waals surface area contributed by atoms with Gasteiger partial charge in [0, 0.05) is 29.3 Å². The third-order valence-electron chi connectivity index (χ3n) is 4.94. The lowest BCUT2D eigenvalue weighted by Gasteiger charge is -2.14. The molecule has 0 saturated carbocycles. The Balaban J connectivity index is 1.49. The molecule has 2 N–H and O–H groups in total. The number of hydrogen-bond donors (Lipinski definition) is 2. The van der Waals surface area contributed by atoms with Crippen molar-refractivity contribution in [1.29, 1.82) is 0 Å². The number of amides is 1. The molecular formula is C25H19F2N3O4S. The quantitative estimate of drug-likeness (QED) is 0.344. The lowest BCUT2D eigenvalue weighted by Crippen LogP contribution is -2.34. The largest absolute Gasteiger partial charge is 0.493 e. The van der Waals surface area contributed by atoms with Gasteiger partial charge in [0.15, 0.2) is 16.6 Å². The van der Waals surface area contributed by atoms with Gasteiger partial charge in [-0.25, -0.2) is 8.78 Å². The Kier molecular flexibility index (Phi) is 7.02. The fourth-order valence-electron chi connectivity index (χ4n) is 3.28. The van der Waals surface area contributed by atoms with E-state index in [-0.39, 0.29) is 22.1 Å². The number of anilines is 1. The van der Waals surface area contributed by atoms with Crippen molar-refractivity contribution in [2.45, 2.75) is 0 Å². The second kappa shape index (κ2) is 10.3. The Morgan fingerprint density at radius 1 is 0.943 bits per heavy atom. The van der Waals surface area contributed by atoms with E-state index >= 15 is 0 Å². The standard InChI is InChI=1S/C25H19F2N3O4S/c1-32-22-12-17-20(13-23(22)33-2)28-9-8-21(17)34-16-6-7-19(18(27)11-16)29-25(35)30-24(31)14-4-3-5-15(26)10-14/h3-13H,1-2H3,(H2,29,30,31,35). The summed E-state index contributed by atoms with van der Waals surface area (Å²) in [6, 6.07) is 14.3. The fraction of sp³-hybridized carbons (Fsp3) is 0.0800. The van der Waals surface area contributed by atoms with Crippen LogP contribution >= 0.6 is 12.2 Å². The number of methoxy groups -OCH3 is 2. The van der Waals surface area contributed by atoms with Crippen molar-refractivity contribution in [1.82, 2.24) is 10.3 Å². The minimum atomic E-state index is -0.664. The van der Waals surface area contributed by atoms with E-state index in [1.807, 2.05) is 0 Å². The normalized spacial score (nSPS) is 10.5. The summed E-state index contributed by atoms with van der Waals surface area (Å²) in [5.74, 6) is -0.165. The van der Waals surface area contributed by atoms with Crippen molar-refractivity contribution in [3.8, 4) is 23.0 Å². The highest BCUT2D eigenvalue weighted by atomic mass is 32.1. The van der Waals surface area contributed by atoms with Gasteiger partial charge in [-0.15, -0.1) is 0 Å². The van der Waals surface area contributed by atoms with Gasteiger partial charge in [0.05, 0.1) is 25.4 Å². The molecule has 4 rings (SSSR count). The van der Waals surface area contributed by atoms with Crippen molar-refractivity contribution < 1.29 is 27.8 Å². The number of carbonyl (C=O) groups excluding carboxylic acids is 1. The van der Waals surface area contributed by atoms with Crippen LogP contribution in [-0.4, -0.2) is 30.2 Å². The molecule has 0 aliphatic heterocycles. The van der Waals surface area contributed by atoms with Crippen molar-refractivity contribution in [3.63, 3.8) is 0 Å². The third kappa shape index (κ3) is 5.44. The van der Waals surface area contributed by atoms with Crippen LogP contribution in [0.15, 0.2) is 66.9 Å². The second-order valence-electron chi connectivity index (χ2n) is 7.20. The predicted molar refractivity (Wildman–Crippen MR) is 131 cm³/mol. The number of hydrogen-bond acceptors (Lipinski definition) is 6. The number of carbonyl (C=O) groups is 1. The van der Waals surface area contributed by atoms with E-state index < -0.39 is 17.5 Å². The minimum Gasteiger partial charge on any atom is -0.493 e. The Hall–Kier alpha value is -4.31. The number of nitrogens with one attached hydrogen (secondary N) is 2. The number of rotatable bonds is 6. The average Bonchev–Trinajstić information content (AvgIpc) is 2.85. The van der Waals surface area contributed by atoms with Crippen LogP contribution < -0.4 is 24.8 Å². The van der Waals surface area contributed by atoms with Gasteiger partial charge in [0.2, 0.25) is 0 Å². The van der Waals surface area contributed by atoms with Gasteiger partial charge in [-0.1, -0.05) is 6.07 Å². The van der Waals surface area contributed by atoms with Gasteiger partial charge in [0.25, 0.3) is 5.91 Å². The van der Waals surface area contributed by atoms with E-state index in [1.165, 1.54) is 50.6 Å². The van der Waals surface area contributed by atoms with Gasteiger partial charge in [-0.3, -0.25) is 15.1 Å². The molecule has 10 heteroatoms. The topological polar surface area (TPSA) is 81.7 Å². The number of ether oxygens (including phenoxy) is 3. The molecule has 1 aromatic heterocycles. The predicted octanol–water partition coefficient (Wildman–Crippen LogP) is 5.45. The highest BCUT2D eigenvalue weighted by Gasteiger charge is 2.14. The zero-order valence-corrected chi connectivity index (χ0v) is 19.4. The molecule has 3 aromatic carbocycles. The van der Waals surface area contributed by atoms with Crippen molar-refractivity contribution in [2.75, 3.05) is 19.5 Å². The monoisotopic (exact) mass is 495 g/mol. The summed E-state index contributed by atoms with van der Waals surface area (Å²) in [5.41, 5.74) is 0.711. The van der Waals surface area contributed by atoms with Crippen molar-refractivity contribution >= 4 is 39.8 Å². The Labute approximate surface area is 204 Å². The number of fused-ring (bicyclic) bond motifs is 1. The van der Waals surface area contributed by atoms with Crippen LogP contribution in [0.4, 0.5) is 14.5 Å². The molecule has 0 aliphatic rings. The van der Waals surface area contributed by atoms with E-state index in [2.05, 4.69) is 15.6 Å². The molecule has 0 atom stereocenters. The molecule has 0 bridgehead atoms. The first-order valence-corrected chi connectivity index (χ1v) is 10.6. The molecule has 0 unspecified atom stereocenters. The smallest absolute Gasteiger partial charge is 0.257 e. The molecule has 1 heterocycles. The number of thiocarbonyl (C=S) groups is 1. The summed E-state index contributed by atoms with van der Waals surface area (Å²) in [4.78, 5) is 16.5. The second-order valence-corrected chi connectivity index (χ2v) is 7.60. The van der Waals surface area contributed by atoms with Crippen molar-refractivity contribution in [3.05, 3.63) is 84.1 Å². The van der Waals surface area contributed by atoms with Crippen LogP contribution in [-0.2, 0) is 0 Å². The first kappa shape index (κ1) is 23.8. The maximum atomic E-state index is 14.7. The Bertz CT molecular complexity index is 1430. The summed E-state index contributed by atoms with van der Waals surface area (Å²) >= 11 is 5.08. The zero-order chi connectivity index (χ0) is 24.9. The van der Waals surface area contributed by atoms with Crippen molar-refractivity contribution in [2.24, 2.45) is 0 Å². The third-order valence-corrected chi connectivity index (χ3v) is 5.14. The summed E-state index contributed by atoms with van der Waals surface area (Å²) in [6.45, 7) is 0. The average molecular weight is 496 g/mol. The van der Waals surface area contributed by atoms with E-state index in [0.29, 0.717) is 28.2 Å². The summed E-state index contributed by atoms with van der Waals surface area (Å²) in [6.07, 6.45) is 1.57. The van der Waals surface area contributed by atoms with Gasteiger partial charge in [0.1, 0.15) is 23.1 Å². The summed E-state index contributed by atoms with van der Waals surface area (Å²) < 4.78 is 44.6. The van der Waals surface area contributed by atoms with Crippen LogP contribution in [0.3, 0.4) is 0 Å². The van der Waals surface area contributed by atoms with E-state index in [0.717, 1.165) is 6.07 Å². The van der Waals surface area contributed by atoms with Crippen LogP contribution in [0, 0.1) is 11.6 Å². The Morgan fingerprint density at radius 2 is 1.71 bits per heavy atom. The van der Waals surface area contributed by atoms with Crippen LogP contribution in [0.25, 0.3) is 10.9 Å². The molecule has 178 valence electrons. The number of benzene rings is 3. The van der Waals surface area contributed by atoms with Gasteiger partial charge < -0.3 is 19.5 Å². The molecular weight excluding hydrogens is 476 g/mol. The number of nitrogens with zero attached hydrogens (tertiary/aromatic N) is 1. The van der Waals surface area contributed by atoms with Gasteiger partial charge in [-0.05, 0) is 54.7 Å². The van der Waals surface area contributed by atoms with Gasteiger partial charge in [-0.2, -0.15) is 0 Å². The number of halogens is 2. The van der Waals surface area contributed by atoms with Crippen LogP contribution in [0.1, 0.15) is 10.4 Å². The maximum absolute atomic E-state index is 14.7.